The second kappa shape index (κ2) is 8.52. The zero-order valence-electron chi connectivity index (χ0n) is 13.0. The van der Waals surface area contributed by atoms with Gasteiger partial charge in [-0.3, -0.25) is 4.90 Å². The summed E-state index contributed by atoms with van der Waals surface area (Å²) in [5, 5.41) is 4.40. The van der Waals surface area contributed by atoms with Crippen LogP contribution in [0.15, 0.2) is 22.7 Å². The van der Waals surface area contributed by atoms with E-state index in [1.165, 1.54) is 37.8 Å². The van der Waals surface area contributed by atoms with Crippen molar-refractivity contribution >= 4 is 27.5 Å². The van der Waals surface area contributed by atoms with Gasteiger partial charge in [0, 0.05) is 10.5 Å². The van der Waals surface area contributed by atoms with E-state index in [-0.39, 0.29) is 0 Å². The summed E-state index contributed by atoms with van der Waals surface area (Å²) in [6.07, 6.45) is 5.12. The van der Waals surface area contributed by atoms with Crippen LogP contribution in [0.1, 0.15) is 44.2 Å². The van der Waals surface area contributed by atoms with Crippen LogP contribution in [0.25, 0.3) is 0 Å². The summed E-state index contributed by atoms with van der Waals surface area (Å²) in [6.45, 7) is 5.61. The highest BCUT2D eigenvalue weighted by atomic mass is 79.9. The molecule has 1 saturated heterocycles. The number of hydrogen-bond donors (Lipinski definition) is 1. The Morgan fingerprint density at radius 3 is 2.90 bits per heavy atom. The number of nitrogens with one attached hydrogen (secondary N) is 1. The van der Waals surface area contributed by atoms with Crippen molar-refractivity contribution in [2.75, 3.05) is 26.7 Å². The van der Waals surface area contributed by atoms with Gasteiger partial charge < -0.3 is 5.32 Å². The molecular weight excluding hydrogens is 348 g/mol. The molecule has 118 valence electrons. The largest absolute Gasteiger partial charge is 0.316 e. The average molecular weight is 374 g/mol. The van der Waals surface area contributed by atoms with Crippen LogP contribution in [0.4, 0.5) is 0 Å². The summed E-state index contributed by atoms with van der Waals surface area (Å²) in [4.78, 5) is 2.51. The third-order valence-electron chi connectivity index (χ3n) is 4.38. The van der Waals surface area contributed by atoms with Crippen molar-refractivity contribution < 1.29 is 0 Å². The Kier molecular flexibility index (Phi) is 7.00. The van der Waals surface area contributed by atoms with Crippen molar-refractivity contribution in [2.45, 2.75) is 38.6 Å². The van der Waals surface area contributed by atoms with Gasteiger partial charge in [0.1, 0.15) is 0 Å². The minimum Gasteiger partial charge on any atom is -0.316 e. The van der Waals surface area contributed by atoms with Crippen LogP contribution >= 0.6 is 27.5 Å². The molecule has 21 heavy (non-hydrogen) atoms. The number of rotatable bonds is 5. The molecule has 0 bridgehead atoms. The predicted octanol–water partition coefficient (Wildman–Crippen LogP) is 4.88. The first-order valence-corrected chi connectivity index (χ1v) is 9.16. The van der Waals surface area contributed by atoms with Crippen molar-refractivity contribution in [3.8, 4) is 0 Å². The number of likely N-dealkylation sites (tertiary alicyclic amines) is 1. The van der Waals surface area contributed by atoms with Crippen LogP contribution in [-0.2, 0) is 0 Å². The molecule has 1 fully saturated rings. The second-order valence-corrected chi connectivity index (χ2v) is 7.32. The van der Waals surface area contributed by atoms with Crippen molar-refractivity contribution in [1.82, 2.24) is 10.2 Å². The van der Waals surface area contributed by atoms with Crippen molar-refractivity contribution in [3.63, 3.8) is 0 Å². The Bertz CT molecular complexity index is 452. The van der Waals surface area contributed by atoms with Crippen LogP contribution in [0.2, 0.25) is 5.02 Å². The molecule has 2 nitrogen and oxygen atoms in total. The lowest BCUT2D eigenvalue weighted by Gasteiger charge is -2.33. The Balaban J connectivity index is 2.20. The SMILES string of the molecule is CCCNCC1CCCCN(C)C1c1ccc(Cl)c(Br)c1. The highest BCUT2D eigenvalue weighted by Crippen LogP contribution is 2.36. The number of benzene rings is 1. The highest BCUT2D eigenvalue weighted by Gasteiger charge is 2.29. The van der Waals surface area contributed by atoms with E-state index in [9.17, 15) is 0 Å². The third kappa shape index (κ3) is 4.69. The number of nitrogens with zero attached hydrogens (tertiary/aromatic N) is 1. The quantitative estimate of drug-likeness (QED) is 0.740. The van der Waals surface area contributed by atoms with Gasteiger partial charge in [-0.25, -0.2) is 0 Å². The summed E-state index contributed by atoms with van der Waals surface area (Å²) in [5.41, 5.74) is 1.37. The van der Waals surface area contributed by atoms with Crippen LogP contribution in [0.3, 0.4) is 0 Å². The molecule has 0 saturated carbocycles. The lowest BCUT2D eigenvalue weighted by atomic mass is 9.89. The van der Waals surface area contributed by atoms with E-state index in [0.29, 0.717) is 12.0 Å². The monoisotopic (exact) mass is 372 g/mol. The molecular formula is C17H26BrClN2. The van der Waals surface area contributed by atoms with Crippen LogP contribution in [0, 0.1) is 5.92 Å². The molecule has 0 radical (unpaired) electrons. The van der Waals surface area contributed by atoms with Gasteiger partial charge in [0.2, 0.25) is 0 Å². The van der Waals surface area contributed by atoms with Crippen molar-refractivity contribution in [3.05, 3.63) is 33.3 Å². The van der Waals surface area contributed by atoms with E-state index in [0.717, 1.165) is 22.6 Å². The van der Waals surface area contributed by atoms with Crippen LogP contribution in [-0.4, -0.2) is 31.6 Å². The lowest BCUT2D eigenvalue weighted by Crippen LogP contribution is -2.35. The standard InChI is InChI=1S/C17H26BrClN2/c1-3-9-20-12-14-6-4-5-10-21(2)17(14)13-7-8-16(19)15(18)11-13/h7-8,11,14,17,20H,3-6,9-10,12H2,1-2H3. The van der Waals surface area contributed by atoms with E-state index in [1.54, 1.807) is 0 Å². The molecule has 2 unspecified atom stereocenters. The zero-order chi connectivity index (χ0) is 15.2. The second-order valence-electron chi connectivity index (χ2n) is 6.06. The normalized spacial score (nSPS) is 24.0. The summed E-state index contributed by atoms with van der Waals surface area (Å²) < 4.78 is 1.000. The molecule has 1 aliphatic rings. The summed E-state index contributed by atoms with van der Waals surface area (Å²) >= 11 is 9.72. The molecule has 1 aromatic rings. The fourth-order valence-corrected chi connectivity index (χ4v) is 3.84. The van der Waals surface area contributed by atoms with Gasteiger partial charge in [-0.05, 0) is 85.5 Å². The molecule has 1 aliphatic heterocycles. The van der Waals surface area contributed by atoms with E-state index in [1.807, 2.05) is 6.07 Å². The molecule has 1 N–H and O–H groups in total. The van der Waals surface area contributed by atoms with Crippen LogP contribution in [0.5, 0.6) is 0 Å². The molecule has 0 amide bonds. The maximum Gasteiger partial charge on any atom is 0.0548 e. The highest BCUT2D eigenvalue weighted by molar-refractivity contribution is 9.10. The molecule has 0 aromatic heterocycles. The van der Waals surface area contributed by atoms with Gasteiger partial charge in [0.05, 0.1) is 5.02 Å². The maximum absolute atomic E-state index is 6.15. The van der Waals surface area contributed by atoms with E-state index in [4.69, 9.17) is 11.6 Å². The van der Waals surface area contributed by atoms with Gasteiger partial charge in [-0.1, -0.05) is 31.0 Å². The topological polar surface area (TPSA) is 15.3 Å². The molecule has 0 spiro atoms. The van der Waals surface area contributed by atoms with E-state index >= 15 is 0 Å². The van der Waals surface area contributed by atoms with E-state index in [2.05, 4.69) is 52.3 Å². The molecule has 1 heterocycles. The van der Waals surface area contributed by atoms with Gasteiger partial charge >= 0.3 is 0 Å². The summed E-state index contributed by atoms with van der Waals surface area (Å²) in [7, 11) is 2.26. The fraction of sp³-hybridized carbons (Fsp3) is 0.647. The number of hydrogen-bond acceptors (Lipinski definition) is 2. The summed E-state index contributed by atoms with van der Waals surface area (Å²) in [5.74, 6) is 0.664. The number of halogens is 2. The predicted molar refractivity (Wildman–Crippen MR) is 95.0 cm³/mol. The Morgan fingerprint density at radius 1 is 1.38 bits per heavy atom. The van der Waals surface area contributed by atoms with Crippen LogP contribution < -0.4 is 5.32 Å². The smallest absolute Gasteiger partial charge is 0.0548 e. The molecule has 0 aliphatic carbocycles. The molecule has 2 atom stereocenters. The fourth-order valence-electron chi connectivity index (χ4n) is 3.33. The molecule has 1 aromatic carbocycles. The van der Waals surface area contributed by atoms with Gasteiger partial charge in [0.25, 0.3) is 0 Å². The maximum atomic E-state index is 6.15. The van der Waals surface area contributed by atoms with Gasteiger partial charge in [0.15, 0.2) is 0 Å². The summed E-state index contributed by atoms with van der Waals surface area (Å²) in [6, 6.07) is 6.87. The minimum atomic E-state index is 0.477. The van der Waals surface area contributed by atoms with E-state index < -0.39 is 0 Å². The molecule has 4 heteroatoms. The Labute approximate surface area is 142 Å². The van der Waals surface area contributed by atoms with Crippen molar-refractivity contribution in [2.24, 2.45) is 5.92 Å². The first-order valence-electron chi connectivity index (χ1n) is 7.99. The average Bonchev–Trinajstić information content (AvgIpc) is 2.64. The van der Waals surface area contributed by atoms with Gasteiger partial charge in [-0.15, -0.1) is 0 Å². The first-order chi connectivity index (χ1) is 10.1. The van der Waals surface area contributed by atoms with Crippen molar-refractivity contribution in [1.29, 1.82) is 0 Å². The third-order valence-corrected chi connectivity index (χ3v) is 5.59. The zero-order valence-corrected chi connectivity index (χ0v) is 15.4. The Hall–Kier alpha value is -0.0900. The lowest BCUT2D eigenvalue weighted by molar-refractivity contribution is 0.189. The van der Waals surface area contributed by atoms with Gasteiger partial charge in [-0.2, -0.15) is 0 Å². The molecule has 2 rings (SSSR count). The Morgan fingerprint density at radius 2 is 2.19 bits per heavy atom. The minimum absolute atomic E-state index is 0.477. The first kappa shape index (κ1) is 17.3.